The Balaban J connectivity index is 2.62. The van der Waals surface area contributed by atoms with Crippen molar-refractivity contribution in [2.75, 3.05) is 17.7 Å². The standard InChI is InChI=1S/C10H14IO2P/c1-14(12,13-9-5-8-11)10-6-3-2-4-7-10/h2-4,6-7H,5,8-9H2,1H3. The molecule has 0 spiro atoms. The quantitative estimate of drug-likeness (QED) is 0.360. The Hall–Kier alpha value is 0.140. The highest BCUT2D eigenvalue weighted by Crippen LogP contribution is 2.40. The Kier molecular flexibility index (Phi) is 5.13. The fraction of sp³-hybridized carbons (Fsp3) is 0.400. The summed E-state index contributed by atoms with van der Waals surface area (Å²) in [5, 5.41) is 0.799. The van der Waals surface area contributed by atoms with Gasteiger partial charge in [0.05, 0.1) is 6.61 Å². The smallest absolute Gasteiger partial charge is 0.229 e. The lowest BCUT2D eigenvalue weighted by atomic mass is 10.4. The maximum Gasteiger partial charge on any atom is 0.229 e. The first-order chi connectivity index (χ1) is 6.67. The molecule has 4 heteroatoms. The highest BCUT2D eigenvalue weighted by Gasteiger charge is 2.17. The summed E-state index contributed by atoms with van der Waals surface area (Å²) in [6.07, 6.45) is 0.950. The molecule has 0 fully saturated rings. The fourth-order valence-electron chi connectivity index (χ4n) is 1.07. The van der Waals surface area contributed by atoms with Crippen LogP contribution in [-0.4, -0.2) is 17.7 Å². The SMILES string of the molecule is CP(=O)(OCCCI)c1ccccc1. The average molecular weight is 324 g/mol. The predicted octanol–water partition coefficient (Wildman–Crippen LogP) is 3.06. The second-order valence-electron chi connectivity index (χ2n) is 3.06. The van der Waals surface area contributed by atoms with Gasteiger partial charge in [-0.2, -0.15) is 0 Å². The second-order valence-corrected chi connectivity index (χ2v) is 6.60. The van der Waals surface area contributed by atoms with E-state index in [0.717, 1.165) is 16.2 Å². The molecule has 0 aliphatic carbocycles. The zero-order valence-corrected chi connectivity index (χ0v) is 11.2. The van der Waals surface area contributed by atoms with E-state index in [0.29, 0.717) is 6.61 Å². The molecule has 0 aromatic heterocycles. The lowest BCUT2D eigenvalue weighted by Crippen LogP contribution is -2.06. The van der Waals surface area contributed by atoms with Gasteiger partial charge in [0.2, 0.25) is 7.37 Å². The van der Waals surface area contributed by atoms with E-state index in [1.54, 1.807) is 6.66 Å². The van der Waals surface area contributed by atoms with Crippen molar-refractivity contribution in [2.45, 2.75) is 6.42 Å². The highest BCUT2D eigenvalue weighted by atomic mass is 127. The normalized spacial score (nSPS) is 15.0. The van der Waals surface area contributed by atoms with Crippen LogP contribution in [0.5, 0.6) is 0 Å². The largest absolute Gasteiger partial charge is 0.325 e. The predicted molar refractivity (Wildman–Crippen MR) is 69.1 cm³/mol. The second kappa shape index (κ2) is 5.89. The minimum Gasteiger partial charge on any atom is -0.325 e. The zero-order chi connectivity index (χ0) is 10.4. The minimum atomic E-state index is -2.58. The lowest BCUT2D eigenvalue weighted by Gasteiger charge is -2.13. The zero-order valence-electron chi connectivity index (χ0n) is 8.15. The molecule has 0 bridgehead atoms. The molecule has 0 aliphatic rings. The Labute approximate surface area is 98.6 Å². The van der Waals surface area contributed by atoms with Gasteiger partial charge in [0, 0.05) is 16.4 Å². The van der Waals surface area contributed by atoms with Crippen molar-refractivity contribution in [3.05, 3.63) is 30.3 Å². The Morgan fingerprint density at radius 2 is 2.00 bits per heavy atom. The molecule has 0 radical (unpaired) electrons. The summed E-state index contributed by atoms with van der Waals surface area (Å²) in [6.45, 7) is 2.25. The molecule has 2 nitrogen and oxygen atoms in total. The topological polar surface area (TPSA) is 26.3 Å². The van der Waals surface area contributed by atoms with Gasteiger partial charge >= 0.3 is 0 Å². The molecule has 0 amide bonds. The molecule has 0 saturated heterocycles. The van der Waals surface area contributed by atoms with Crippen molar-refractivity contribution >= 4 is 35.3 Å². The molecule has 1 atom stereocenters. The molecular formula is C10H14IO2P. The van der Waals surface area contributed by atoms with Crippen LogP contribution in [-0.2, 0) is 9.09 Å². The summed E-state index contributed by atoms with van der Waals surface area (Å²) in [4.78, 5) is 0. The third-order valence-corrected chi connectivity index (χ3v) is 4.52. The maximum atomic E-state index is 12.1. The van der Waals surface area contributed by atoms with Gasteiger partial charge < -0.3 is 4.52 Å². The summed E-state index contributed by atoms with van der Waals surface area (Å²) >= 11 is 2.28. The molecule has 1 unspecified atom stereocenters. The molecule has 0 heterocycles. The molecular weight excluding hydrogens is 310 g/mol. The molecule has 0 aliphatic heterocycles. The van der Waals surface area contributed by atoms with Crippen LogP contribution in [0, 0.1) is 0 Å². The van der Waals surface area contributed by atoms with Crippen LogP contribution in [0.2, 0.25) is 0 Å². The minimum absolute atomic E-state index is 0.575. The monoisotopic (exact) mass is 324 g/mol. The van der Waals surface area contributed by atoms with Crippen LogP contribution in [0.4, 0.5) is 0 Å². The Morgan fingerprint density at radius 1 is 1.36 bits per heavy atom. The first-order valence-corrected chi connectivity index (χ1v) is 8.10. The van der Waals surface area contributed by atoms with Crippen LogP contribution in [0.3, 0.4) is 0 Å². The van der Waals surface area contributed by atoms with E-state index in [1.165, 1.54) is 0 Å². The number of hydrogen-bond acceptors (Lipinski definition) is 2. The molecule has 78 valence electrons. The van der Waals surface area contributed by atoms with Crippen molar-refractivity contribution < 1.29 is 9.09 Å². The summed E-state index contributed by atoms with van der Waals surface area (Å²) in [5.41, 5.74) is 0. The van der Waals surface area contributed by atoms with E-state index in [1.807, 2.05) is 30.3 Å². The third-order valence-electron chi connectivity index (χ3n) is 1.84. The first-order valence-electron chi connectivity index (χ1n) is 4.50. The lowest BCUT2D eigenvalue weighted by molar-refractivity contribution is 0.325. The number of halogens is 1. The van der Waals surface area contributed by atoms with Crippen molar-refractivity contribution in [2.24, 2.45) is 0 Å². The summed E-state index contributed by atoms with van der Waals surface area (Å²) in [6, 6.07) is 9.38. The van der Waals surface area contributed by atoms with Gasteiger partial charge in [-0.1, -0.05) is 40.8 Å². The van der Waals surface area contributed by atoms with Crippen molar-refractivity contribution in [1.29, 1.82) is 0 Å². The van der Waals surface area contributed by atoms with Crippen LogP contribution in [0.15, 0.2) is 30.3 Å². The molecule has 1 rings (SSSR count). The molecule has 0 saturated carbocycles. The van der Waals surface area contributed by atoms with E-state index < -0.39 is 7.37 Å². The fourth-order valence-corrected chi connectivity index (χ4v) is 2.72. The molecule has 1 aromatic rings. The highest BCUT2D eigenvalue weighted by molar-refractivity contribution is 14.1. The first kappa shape index (κ1) is 12.2. The van der Waals surface area contributed by atoms with Crippen LogP contribution < -0.4 is 5.30 Å². The van der Waals surface area contributed by atoms with Crippen LogP contribution in [0.1, 0.15) is 6.42 Å². The van der Waals surface area contributed by atoms with E-state index in [4.69, 9.17) is 4.52 Å². The van der Waals surface area contributed by atoms with Gasteiger partial charge in [-0.05, 0) is 18.6 Å². The van der Waals surface area contributed by atoms with E-state index >= 15 is 0 Å². The van der Waals surface area contributed by atoms with E-state index in [-0.39, 0.29) is 0 Å². The third kappa shape index (κ3) is 3.71. The van der Waals surface area contributed by atoms with Gasteiger partial charge in [0.15, 0.2) is 0 Å². The maximum absolute atomic E-state index is 12.1. The summed E-state index contributed by atoms with van der Waals surface area (Å²) in [5.74, 6) is 0. The summed E-state index contributed by atoms with van der Waals surface area (Å²) in [7, 11) is -2.58. The number of benzene rings is 1. The van der Waals surface area contributed by atoms with Crippen molar-refractivity contribution in [3.63, 3.8) is 0 Å². The van der Waals surface area contributed by atoms with Gasteiger partial charge in [-0.25, -0.2) is 0 Å². The number of rotatable bonds is 5. The number of alkyl halides is 1. The van der Waals surface area contributed by atoms with E-state index in [9.17, 15) is 4.57 Å². The molecule has 1 aromatic carbocycles. The van der Waals surface area contributed by atoms with Gasteiger partial charge in [0.1, 0.15) is 0 Å². The van der Waals surface area contributed by atoms with Crippen molar-refractivity contribution in [1.82, 2.24) is 0 Å². The van der Waals surface area contributed by atoms with E-state index in [2.05, 4.69) is 22.6 Å². The molecule has 0 N–H and O–H groups in total. The van der Waals surface area contributed by atoms with Gasteiger partial charge in [-0.3, -0.25) is 4.57 Å². The van der Waals surface area contributed by atoms with Gasteiger partial charge in [-0.15, -0.1) is 0 Å². The van der Waals surface area contributed by atoms with Crippen LogP contribution >= 0.6 is 30.0 Å². The average Bonchev–Trinajstić information content (AvgIpc) is 2.19. The molecule has 14 heavy (non-hydrogen) atoms. The number of hydrogen-bond donors (Lipinski definition) is 0. The Bertz CT molecular complexity index is 313. The summed E-state index contributed by atoms with van der Waals surface area (Å²) < 4.78 is 18.5. The van der Waals surface area contributed by atoms with Crippen LogP contribution in [0.25, 0.3) is 0 Å². The van der Waals surface area contributed by atoms with Crippen molar-refractivity contribution in [3.8, 4) is 0 Å². The van der Waals surface area contributed by atoms with Gasteiger partial charge in [0.25, 0.3) is 0 Å². The Morgan fingerprint density at radius 3 is 2.57 bits per heavy atom.